The number of para-hydroxylation sites is 1. The number of carboxylic acids is 1. The Morgan fingerprint density at radius 3 is 2.67 bits per heavy atom. The van der Waals surface area contributed by atoms with E-state index in [1.54, 1.807) is 13.8 Å². The molecule has 3 nitrogen and oxygen atoms in total. The van der Waals surface area contributed by atoms with E-state index in [9.17, 15) is 9.90 Å². The molecule has 1 aromatic heterocycles. The minimum atomic E-state index is -0.757. The summed E-state index contributed by atoms with van der Waals surface area (Å²) >= 11 is 0. The normalized spacial score (nSPS) is 12.0. The first kappa shape index (κ1) is 12.7. The molecule has 0 bridgehead atoms. The van der Waals surface area contributed by atoms with Crippen LogP contribution in [-0.2, 0) is 18.3 Å². The molecule has 1 aromatic carbocycles. The Hall–Kier alpha value is -1.77. The van der Waals surface area contributed by atoms with Crippen LogP contribution in [0.1, 0.15) is 25.0 Å². The largest absolute Gasteiger partial charge is 0.481 e. The van der Waals surface area contributed by atoms with E-state index in [0.717, 1.165) is 10.9 Å². The van der Waals surface area contributed by atoms with Crippen LogP contribution in [0.25, 0.3) is 10.9 Å². The van der Waals surface area contributed by atoms with Gasteiger partial charge in [-0.15, -0.1) is 0 Å². The van der Waals surface area contributed by atoms with Crippen LogP contribution in [0.15, 0.2) is 24.4 Å². The van der Waals surface area contributed by atoms with Crippen molar-refractivity contribution in [2.45, 2.75) is 27.2 Å². The average Bonchev–Trinajstić information content (AvgIpc) is 2.56. The predicted molar refractivity (Wildman–Crippen MR) is 72.8 cm³/mol. The van der Waals surface area contributed by atoms with Gasteiger partial charge in [-0.3, -0.25) is 4.79 Å². The van der Waals surface area contributed by atoms with Gasteiger partial charge in [0.1, 0.15) is 0 Å². The van der Waals surface area contributed by atoms with E-state index in [0.29, 0.717) is 6.42 Å². The van der Waals surface area contributed by atoms with Crippen molar-refractivity contribution >= 4 is 16.9 Å². The Bertz CT molecular complexity index is 608. The summed E-state index contributed by atoms with van der Waals surface area (Å²) < 4.78 is 2.08. The molecule has 2 aromatic rings. The summed E-state index contributed by atoms with van der Waals surface area (Å²) in [5, 5.41) is 10.4. The SMILES string of the molecule is Cc1cccc2c(CC(C)(C)C(=O)O)cn(C)c12. The number of carbonyl (C=O) groups is 1. The lowest BCUT2D eigenvalue weighted by Gasteiger charge is -2.18. The van der Waals surface area contributed by atoms with E-state index in [-0.39, 0.29) is 0 Å². The highest BCUT2D eigenvalue weighted by Crippen LogP contribution is 2.29. The summed E-state index contributed by atoms with van der Waals surface area (Å²) in [5.41, 5.74) is 2.77. The van der Waals surface area contributed by atoms with E-state index < -0.39 is 11.4 Å². The fourth-order valence-electron chi connectivity index (χ4n) is 2.45. The van der Waals surface area contributed by atoms with E-state index in [2.05, 4.69) is 23.6 Å². The summed E-state index contributed by atoms with van der Waals surface area (Å²) in [5.74, 6) is -0.757. The van der Waals surface area contributed by atoms with Gasteiger partial charge in [0.15, 0.2) is 0 Å². The Morgan fingerprint density at radius 2 is 2.06 bits per heavy atom. The molecular formula is C15H19NO2. The summed E-state index contributed by atoms with van der Waals surface area (Å²) in [6.45, 7) is 5.61. The smallest absolute Gasteiger partial charge is 0.309 e. The molecule has 0 spiro atoms. The number of fused-ring (bicyclic) bond motifs is 1. The van der Waals surface area contributed by atoms with Crippen LogP contribution in [0.3, 0.4) is 0 Å². The monoisotopic (exact) mass is 245 g/mol. The first-order valence-electron chi connectivity index (χ1n) is 6.10. The van der Waals surface area contributed by atoms with Crippen molar-refractivity contribution in [2.24, 2.45) is 12.5 Å². The first-order chi connectivity index (χ1) is 8.33. The predicted octanol–water partition coefficient (Wildman–Crippen LogP) is 3.14. The number of hydrogen-bond donors (Lipinski definition) is 1. The zero-order chi connectivity index (χ0) is 13.5. The van der Waals surface area contributed by atoms with Crippen molar-refractivity contribution in [1.29, 1.82) is 0 Å². The second-order valence-corrected chi connectivity index (χ2v) is 5.60. The zero-order valence-electron chi connectivity index (χ0n) is 11.3. The molecule has 0 saturated carbocycles. The number of rotatable bonds is 3. The van der Waals surface area contributed by atoms with Crippen molar-refractivity contribution in [3.05, 3.63) is 35.5 Å². The van der Waals surface area contributed by atoms with Gasteiger partial charge in [-0.2, -0.15) is 0 Å². The molecule has 1 N–H and O–H groups in total. The maximum atomic E-state index is 11.2. The number of benzene rings is 1. The first-order valence-corrected chi connectivity index (χ1v) is 6.10. The highest BCUT2D eigenvalue weighted by Gasteiger charge is 2.28. The highest BCUT2D eigenvalue weighted by molar-refractivity contribution is 5.87. The van der Waals surface area contributed by atoms with Crippen molar-refractivity contribution < 1.29 is 9.90 Å². The van der Waals surface area contributed by atoms with Gasteiger partial charge in [0.25, 0.3) is 0 Å². The molecule has 0 aliphatic rings. The summed E-state index contributed by atoms with van der Waals surface area (Å²) in [6.07, 6.45) is 2.59. The maximum Gasteiger partial charge on any atom is 0.309 e. The number of nitrogens with zero attached hydrogens (tertiary/aromatic N) is 1. The molecule has 3 heteroatoms. The fourth-order valence-corrected chi connectivity index (χ4v) is 2.45. The number of aliphatic carboxylic acids is 1. The molecule has 0 aliphatic carbocycles. The summed E-state index contributed by atoms with van der Waals surface area (Å²) in [7, 11) is 2.01. The second-order valence-electron chi connectivity index (χ2n) is 5.60. The lowest BCUT2D eigenvalue weighted by atomic mass is 9.86. The van der Waals surface area contributed by atoms with Gasteiger partial charge in [-0.25, -0.2) is 0 Å². The van der Waals surface area contributed by atoms with E-state index in [1.165, 1.54) is 11.1 Å². The van der Waals surface area contributed by atoms with Crippen LogP contribution < -0.4 is 0 Å². The van der Waals surface area contributed by atoms with Gasteiger partial charge in [-0.1, -0.05) is 18.2 Å². The summed E-state index contributed by atoms with van der Waals surface area (Å²) in [6, 6.07) is 6.17. The van der Waals surface area contributed by atoms with Gasteiger partial charge in [0, 0.05) is 18.6 Å². The van der Waals surface area contributed by atoms with Gasteiger partial charge < -0.3 is 9.67 Å². The topological polar surface area (TPSA) is 42.2 Å². The highest BCUT2D eigenvalue weighted by atomic mass is 16.4. The molecule has 96 valence electrons. The molecule has 0 radical (unpaired) electrons. The molecular weight excluding hydrogens is 226 g/mol. The maximum absolute atomic E-state index is 11.2. The van der Waals surface area contributed by atoms with Crippen molar-refractivity contribution in [2.75, 3.05) is 0 Å². The van der Waals surface area contributed by atoms with Crippen LogP contribution in [0, 0.1) is 12.3 Å². The molecule has 0 aliphatic heterocycles. The van der Waals surface area contributed by atoms with Crippen LogP contribution in [0.4, 0.5) is 0 Å². The quantitative estimate of drug-likeness (QED) is 0.902. The molecule has 0 amide bonds. The number of aryl methyl sites for hydroxylation is 2. The minimum Gasteiger partial charge on any atom is -0.481 e. The molecule has 2 rings (SSSR count). The van der Waals surface area contributed by atoms with Crippen molar-refractivity contribution in [3.63, 3.8) is 0 Å². The molecule has 0 unspecified atom stereocenters. The zero-order valence-corrected chi connectivity index (χ0v) is 11.3. The molecule has 0 fully saturated rings. The Labute approximate surface area is 107 Å². The van der Waals surface area contributed by atoms with Crippen molar-refractivity contribution in [3.8, 4) is 0 Å². The second kappa shape index (κ2) is 4.16. The minimum absolute atomic E-state index is 0.545. The van der Waals surface area contributed by atoms with Crippen LogP contribution in [0.2, 0.25) is 0 Å². The number of hydrogen-bond acceptors (Lipinski definition) is 1. The number of aromatic nitrogens is 1. The standard InChI is InChI=1S/C15H19NO2/c1-10-6-5-7-12-11(9-16(4)13(10)12)8-15(2,3)14(17)18/h5-7,9H,8H2,1-4H3,(H,17,18). The van der Waals surface area contributed by atoms with Gasteiger partial charge in [0.2, 0.25) is 0 Å². The molecule has 0 atom stereocenters. The van der Waals surface area contributed by atoms with Gasteiger partial charge in [-0.05, 0) is 38.3 Å². The number of carboxylic acid groups (broad SMARTS) is 1. The van der Waals surface area contributed by atoms with Crippen LogP contribution >= 0.6 is 0 Å². The van der Waals surface area contributed by atoms with Crippen molar-refractivity contribution in [1.82, 2.24) is 4.57 Å². The lowest BCUT2D eigenvalue weighted by molar-refractivity contribution is -0.146. The average molecular weight is 245 g/mol. The van der Waals surface area contributed by atoms with E-state index in [4.69, 9.17) is 0 Å². The summed E-state index contributed by atoms with van der Waals surface area (Å²) in [4.78, 5) is 11.2. The van der Waals surface area contributed by atoms with E-state index >= 15 is 0 Å². The third-order valence-electron chi connectivity index (χ3n) is 3.50. The Morgan fingerprint density at radius 1 is 1.39 bits per heavy atom. The molecule has 1 heterocycles. The van der Waals surface area contributed by atoms with Gasteiger partial charge in [0.05, 0.1) is 10.9 Å². The Balaban J connectivity index is 2.54. The fraction of sp³-hybridized carbons (Fsp3) is 0.400. The molecule has 0 saturated heterocycles. The van der Waals surface area contributed by atoms with Crippen LogP contribution in [0.5, 0.6) is 0 Å². The Kier molecular flexibility index (Phi) is 2.93. The third kappa shape index (κ3) is 2.01. The third-order valence-corrected chi connectivity index (χ3v) is 3.50. The van der Waals surface area contributed by atoms with Crippen LogP contribution in [-0.4, -0.2) is 15.6 Å². The lowest BCUT2D eigenvalue weighted by Crippen LogP contribution is -2.26. The molecule has 18 heavy (non-hydrogen) atoms. The van der Waals surface area contributed by atoms with Gasteiger partial charge >= 0.3 is 5.97 Å². The van der Waals surface area contributed by atoms with E-state index in [1.807, 2.05) is 19.3 Å².